The van der Waals surface area contributed by atoms with Crippen molar-refractivity contribution in [2.24, 2.45) is 0 Å². The number of nitrogens with zero attached hydrogens (tertiary/aromatic N) is 3. The molecule has 1 aromatic heterocycles. The lowest BCUT2D eigenvalue weighted by atomic mass is 10.2. The number of aliphatic hydroxyl groups excluding tert-OH is 1. The van der Waals surface area contributed by atoms with E-state index in [2.05, 4.69) is 10.1 Å². The van der Waals surface area contributed by atoms with E-state index in [4.69, 9.17) is 5.11 Å². The smallest absolute Gasteiger partial charge is 0.383 e. The van der Waals surface area contributed by atoms with E-state index in [-0.39, 0.29) is 5.82 Å². The second kappa shape index (κ2) is 3.95. The van der Waals surface area contributed by atoms with Crippen molar-refractivity contribution in [3.05, 3.63) is 12.2 Å². The molecule has 1 rings (SSSR count). The number of hydrogen-bond donors (Lipinski definition) is 1. The second-order valence-corrected chi connectivity index (χ2v) is 2.75. The zero-order valence-electron chi connectivity index (χ0n) is 7.49. The van der Waals surface area contributed by atoms with Crippen molar-refractivity contribution >= 4 is 0 Å². The highest BCUT2D eigenvalue weighted by molar-refractivity contribution is 4.89. The van der Waals surface area contributed by atoms with Crippen molar-refractivity contribution in [2.75, 3.05) is 0 Å². The van der Waals surface area contributed by atoms with Gasteiger partial charge < -0.3 is 5.11 Å². The summed E-state index contributed by atoms with van der Waals surface area (Å²) in [7, 11) is 0. The summed E-state index contributed by atoms with van der Waals surface area (Å²) in [6, 6.07) is 0. The van der Waals surface area contributed by atoms with Gasteiger partial charge in [0.15, 0.2) is 6.10 Å². The molecule has 80 valence electrons. The minimum absolute atomic E-state index is 0.136. The predicted octanol–water partition coefficient (Wildman–Crippen LogP) is 0.764. The fraction of sp³-hybridized carbons (Fsp3) is 0.714. The first-order valence-electron chi connectivity index (χ1n) is 4.06. The van der Waals surface area contributed by atoms with Crippen molar-refractivity contribution in [1.29, 1.82) is 0 Å². The van der Waals surface area contributed by atoms with Gasteiger partial charge in [0.2, 0.25) is 0 Å². The molecule has 1 N–H and O–H groups in total. The van der Waals surface area contributed by atoms with Crippen molar-refractivity contribution in [3.63, 3.8) is 0 Å². The van der Waals surface area contributed by atoms with Crippen molar-refractivity contribution in [2.45, 2.75) is 32.2 Å². The van der Waals surface area contributed by atoms with Crippen LogP contribution in [0.15, 0.2) is 6.33 Å². The first-order valence-corrected chi connectivity index (χ1v) is 4.06. The molecule has 0 saturated carbocycles. The number of halogens is 3. The number of alkyl halides is 3. The maximum absolute atomic E-state index is 12.0. The zero-order valence-corrected chi connectivity index (χ0v) is 7.49. The van der Waals surface area contributed by atoms with E-state index in [9.17, 15) is 13.2 Å². The van der Waals surface area contributed by atoms with Gasteiger partial charge >= 0.3 is 6.18 Å². The van der Waals surface area contributed by atoms with Crippen LogP contribution in [-0.4, -0.2) is 32.2 Å². The Labute approximate surface area is 78.4 Å². The van der Waals surface area contributed by atoms with Gasteiger partial charge in [-0.25, -0.2) is 4.98 Å². The minimum atomic E-state index is -4.61. The summed E-state index contributed by atoms with van der Waals surface area (Å²) in [6.07, 6.45) is -6.37. The van der Waals surface area contributed by atoms with E-state index < -0.39 is 18.7 Å². The van der Waals surface area contributed by atoms with Gasteiger partial charge in [-0.15, -0.1) is 0 Å². The van der Waals surface area contributed by atoms with Gasteiger partial charge in [-0.2, -0.15) is 18.3 Å². The SMILES string of the molecule is CCn1ncnc1CC(O)C(F)(F)F. The normalized spacial score (nSPS) is 14.4. The Kier molecular flexibility index (Phi) is 3.10. The molecule has 1 atom stereocenters. The number of aliphatic hydroxyl groups is 1. The molecule has 1 heterocycles. The molecule has 0 fully saturated rings. The third-order valence-electron chi connectivity index (χ3n) is 1.75. The Bertz CT molecular complexity index is 297. The molecule has 1 unspecified atom stereocenters. The Balaban J connectivity index is 2.69. The molecular formula is C7H10F3N3O. The average Bonchev–Trinajstić information content (AvgIpc) is 2.50. The fourth-order valence-corrected chi connectivity index (χ4v) is 0.999. The van der Waals surface area contributed by atoms with Crippen LogP contribution in [0.3, 0.4) is 0 Å². The van der Waals surface area contributed by atoms with E-state index in [1.807, 2.05) is 0 Å². The molecule has 0 aliphatic heterocycles. The average molecular weight is 209 g/mol. The largest absolute Gasteiger partial charge is 0.414 e. The quantitative estimate of drug-likeness (QED) is 0.799. The number of aromatic nitrogens is 3. The molecule has 0 aliphatic rings. The maximum atomic E-state index is 12.0. The van der Waals surface area contributed by atoms with Crippen LogP contribution in [0.5, 0.6) is 0 Å². The monoisotopic (exact) mass is 209 g/mol. The Morgan fingerprint density at radius 3 is 2.71 bits per heavy atom. The molecule has 1 aromatic rings. The van der Waals surface area contributed by atoms with Crippen molar-refractivity contribution in [3.8, 4) is 0 Å². The summed E-state index contributed by atoms with van der Waals surface area (Å²) < 4.78 is 37.2. The maximum Gasteiger partial charge on any atom is 0.414 e. The van der Waals surface area contributed by atoms with Gasteiger partial charge in [0.25, 0.3) is 0 Å². The highest BCUT2D eigenvalue weighted by Crippen LogP contribution is 2.22. The van der Waals surface area contributed by atoms with Gasteiger partial charge in [-0.3, -0.25) is 4.68 Å². The molecular weight excluding hydrogens is 199 g/mol. The lowest BCUT2D eigenvalue weighted by molar-refractivity contribution is -0.203. The van der Waals surface area contributed by atoms with Crippen LogP contribution in [0.2, 0.25) is 0 Å². The summed E-state index contributed by atoms with van der Waals surface area (Å²) in [5.74, 6) is 0.136. The molecule has 14 heavy (non-hydrogen) atoms. The molecule has 0 amide bonds. The van der Waals surface area contributed by atoms with Crippen LogP contribution >= 0.6 is 0 Å². The molecule has 0 bridgehead atoms. The van der Waals surface area contributed by atoms with E-state index in [0.717, 1.165) is 0 Å². The molecule has 0 aliphatic carbocycles. The zero-order chi connectivity index (χ0) is 10.8. The van der Waals surface area contributed by atoms with Crippen molar-refractivity contribution < 1.29 is 18.3 Å². The number of hydrogen-bond acceptors (Lipinski definition) is 3. The first kappa shape index (κ1) is 11.0. The first-order chi connectivity index (χ1) is 6.45. The van der Waals surface area contributed by atoms with E-state index >= 15 is 0 Å². The fourth-order valence-electron chi connectivity index (χ4n) is 0.999. The number of rotatable bonds is 3. The third kappa shape index (κ3) is 2.44. The Hall–Kier alpha value is -1.11. The second-order valence-electron chi connectivity index (χ2n) is 2.75. The summed E-state index contributed by atoms with van der Waals surface area (Å²) >= 11 is 0. The van der Waals surface area contributed by atoms with Crippen LogP contribution in [-0.2, 0) is 13.0 Å². The predicted molar refractivity (Wildman–Crippen MR) is 41.5 cm³/mol. The number of aryl methyl sites for hydroxylation is 1. The summed E-state index contributed by atoms with van der Waals surface area (Å²) in [5, 5.41) is 12.5. The van der Waals surface area contributed by atoms with Gasteiger partial charge in [-0.05, 0) is 6.92 Å². The van der Waals surface area contributed by atoms with Crippen LogP contribution in [0.25, 0.3) is 0 Å². The summed E-state index contributed by atoms with van der Waals surface area (Å²) in [4.78, 5) is 3.63. The molecule has 0 spiro atoms. The molecule has 7 heteroatoms. The highest BCUT2D eigenvalue weighted by Gasteiger charge is 2.38. The Morgan fingerprint density at radius 2 is 2.21 bits per heavy atom. The van der Waals surface area contributed by atoms with Crippen LogP contribution in [0, 0.1) is 0 Å². The van der Waals surface area contributed by atoms with Crippen LogP contribution in [0.1, 0.15) is 12.7 Å². The van der Waals surface area contributed by atoms with Gasteiger partial charge in [0.05, 0.1) is 0 Å². The topological polar surface area (TPSA) is 50.9 Å². The lowest BCUT2D eigenvalue weighted by Crippen LogP contribution is -2.31. The van der Waals surface area contributed by atoms with E-state index in [1.54, 1.807) is 6.92 Å². The minimum Gasteiger partial charge on any atom is -0.383 e. The van der Waals surface area contributed by atoms with Crippen molar-refractivity contribution in [1.82, 2.24) is 14.8 Å². The Morgan fingerprint density at radius 1 is 1.57 bits per heavy atom. The van der Waals surface area contributed by atoms with Gasteiger partial charge in [0.1, 0.15) is 12.2 Å². The van der Waals surface area contributed by atoms with Crippen LogP contribution in [0.4, 0.5) is 13.2 Å². The van der Waals surface area contributed by atoms with Crippen LogP contribution < -0.4 is 0 Å². The third-order valence-corrected chi connectivity index (χ3v) is 1.75. The summed E-state index contributed by atoms with van der Waals surface area (Å²) in [5.41, 5.74) is 0. The highest BCUT2D eigenvalue weighted by atomic mass is 19.4. The standard InChI is InChI=1S/C7H10F3N3O/c1-2-13-6(11-4-12-13)3-5(14)7(8,9)10/h4-5,14H,2-3H2,1H3. The molecule has 0 radical (unpaired) electrons. The van der Waals surface area contributed by atoms with Gasteiger partial charge in [0, 0.05) is 13.0 Å². The van der Waals surface area contributed by atoms with E-state index in [1.165, 1.54) is 11.0 Å². The molecule has 4 nitrogen and oxygen atoms in total. The van der Waals surface area contributed by atoms with Gasteiger partial charge in [-0.1, -0.05) is 0 Å². The lowest BCUT2D eigenvalue weighted by Gasteiger charge is -2.13. The van der Waals surface area contributed by atoms with E-state index in [0.29, 0.717) is 6.54 Å². The molecule has 0 saturated heterocycles. The summed E-state index contributed by atoms with van der Waals surface area (Å²) in [6.45, 7) is 2.16. The molecule has 0 aromatic carbocycles.